The SMILES string of the molecule is Cc1ccc(Cl)cc1N1CCC(CNC(=O)c2ccc3c(c2)OCCCO3)C1. The molecular formula is C22H25ClN2O3. The van der Waals surface area contributed by atoms with Crippen LogP contribution in [0.4, 0.5) is 5.69 Å². The summed E-state index contributed by atoms with van der Waals surface area (Å²) in [5.74, 6) is 1.70. The molecule has 1 unspecified atom stereocenters. The molecule has 0 radical (unpaired) electrons. The van der Waals surface area contributed by atoms with Crippen molar-refractivity contribution in [2.45, 2.75) is 19.8 Å². The van der Waals surface area contributed by atoms with Crippen LogP contribution in [-0.2, 0) is 0 Å². The summed E-state index contributed by atoms with van der Waals surface area (Å²) in [6, 6.07) is 11.4. The van der Waals surface area contributed by atoms with Gasteiger partial charge in [0.15, 0.2) is 11.5 Å². The van der Waals surface area contributed by atoms with Crippen molar-refractivity contribution in [2.24, 2.45) is 5.92 Å². The molecule has 1 N–H and O–H groups in total. The van der Waals surface area contributed by atoms with Crippen LogP contribution in [0.3, 0.4) is 0 Å². The van der Waals surface area contributed by atoms with E-state index in [0.29, 0.717) is 42.7 Å². The summed E-state index contributed by atoms with van der Waals surface area (Å²) in [4.78, 5) is 14.9. The van der Waals surface area contributed by atoms with Crippen molar-refractivity contribution in [3.63, 3.8) is 0 Å². The highest BCUT2D eigenvalue weighted by atomic mass is 35.5. The molecule has 2 aromatic carbocycles. The van der Waals surface area contributed by atoms with Crippen molar-refractivity contribution in [1.82, 2.24) is 5.32 Å². The summed E-state index contributed by atoms with van der Waals surface area (Å²) in [6.45, 7) is 5.91. The molecule has 28 heavy (non-hydrogen) atoms. The third kappa shape index (κ3) is 4.20. The molecule has 4 rings (SSSR count). The van der Waals surface area contributed by atoms with Crippen LogP contribution in [-0.4, -0.2) is 38.8 Å². The van der Waals surface area contributed by atoms with Crippen LogP contribution in [0.2, 0.25) is 5.02 Å². The zero-order valence-corrected chi connectivity index (χ0v) is 16.8. The second-order valence-corrected chi connectivity index (χ2v) is 7.89. The quantitative estimate of drug-likeness (QED) is 0.840. The molecule has 1 saturated heterocycles. The summed E-state index contributed by atoms with van der Waals surface area (Å²) < 4.78 is 11.3. The Balaban J connectivity index is 1.34. The minimum atomic E-state index is -0.0759. The monoisotopic (exact) mass is 400 g/mol. The number of nitrogens with one attached hydrogen (secondary N) is 1. The van der Waals surface area contributed by atoms with Gasteiger partial charge in [-0.05, 0) is 55.2 Å². The van der Waals surface area contributed by atoms with E-state index in [2.05, 4.69) is 23.2 Å². The average molecular weight is 401 g/mol. The molecular weight excluding hydrogens is 376 g/mol. The summed E-state index contributed by atoms with van der Waals surface area (Å²) in [7, 11) is 0. The van der Waals surface area contributed by atoms with Gasteiger partial charge in [-0.1, -0.05) is 17.7 Å². The van der Waals surface area contributed by atoms with Gasteiger partial charge in [-0.15, -0.1) is 0 Å². The number of fused-ring (bicyclic) bond motifs is 1. The lowest BCUT2D eigenvalue weighted by Gasteiger charge is -2.21. The van der Waals surface area contributed by atoms with Crippen LogP contribution in [0.1, 0.15) is 28.8 Å². The number of hydrogen-bond acceptors (Lipinski definition) is 4. The van der Waals surface area contributed by atoms with Crippen LogP contribution in [0, 0.1) is 12.8 Å². The summed E-state index contributed by atoms with van der Waals surface area (Å²) in [6.07, 6.45) is 1.90. The molecule has 2 aliphatic rings. The second kappa shape index (κ2) is 8.31. The van der Waals surface area contributed by atoms with Crippen LogP contribution < -0.4 is 19.7 Å². The normalized spacial score (nSPS) is 18.6. The lowest BCUT2D eigenvalue weighted by molar-refractivity contribution is 0.0948. The van der Waals surface area contributed by atoms with E-state index in [9.17, 15) is 4.79 Å². The molecule has 2 heterocycles. The minimum Gasteiger partial charge on any atom is -0.490 e. The number of carbonyl (C=O) groups excluding carboxylic acids is 1. The summed E-state index contributed by atoms with van der Waals surface area (Å²) in [5, 5.41) is 3.83. The first-order valence-electron chi connectivity index (χ1n) is 9.79. The number of carbonyl (C=O) groups is 1. The third-order valence-electron chi connectivity index (χ3n) is 5.36. The molecule has 0 aromatic heterocycles. The van der Waals surface area contributed by atoms with E-state index in [-0.39, 0.29) is 5.91 Å². The predicted molar refractivity (Wildman–Crippen MR) is 111 cm³/mol. The van der Waals surface area contributed by atoms with Gasteiger partial charge in [-0.25, -0.2) is 0 Å². The van der Waals surface area contributed by atoms with Crippen LogP contribution in [0.15, 0.2) is 36.4 Å². The molecule has 6 heteroatoms. The van der Waals surface area contributed by atoms with Crippen LogP contribution in [0.5, 0.6) is 11.5 Å². The van der Waals surface area contributed by atoms with Crippen LogP contribution >= 0.6 is 11.6 Å². The highest BCUT2D eigenvalue weighted by Gasteiger charge is 2.24. The average Bonchev–Trinajstić information content (AvgIpc) is 3.04. The fraction of sp³-hybridized carbons (Fsp3) is 0.409. The lowest BCUT2D eigenvalue weighted by atomic mass is 10.1. The molecule has 1 atom stereocenters. The maximum atomic E-state index is 12.6. The molecule has 148 valence electrons. The van der Waals surface area contributed by atoms with E-state index in [0.717, 1.165) is 31.0 Å². The maximum absolute atomic E-state index is 12.6. The molecule has 0 saturated carbocycles. The molecule has 0 spiro atoms. The fourth-order valence-corrected chi connectivity index (χ4v) is 3.95. The van der Waals surface area contributed by atoms with Gasteiger partial charge < -0.3 is 19.7 Å². The van der Waals surface area contributed by atoms with E-state index in [4.69, 9.17) is 21.1 Å². The molecule has 2 aromatic rings. The van der Waals surface area contributed by atoms with Gasteiger partial charge in [0, 0.05) is 42.3 Å². The summed E-state index contributed by atoms with van der Waals surface area (Å²) >= 11 is 6.16. The highest BCUT2D eigenvalue weighted by molar-refractivity contribution is 6.30. The van der Waals surface area contributed by atoms with E-state index in [1.165, 1.54) is 11.3 Å². The molecule has 5 nitrogen and oxygen atoms in total. The molecule has 1 amide bonds. The molecule has 1 fully saturated rings. The van der Waals surface area contributed by atoms with Crippen molar-refractivity contribution >= 4 is 23.2 Å². The fourth-order valence-electron chi connectivity index (χ4n) is 3.78. The second-order valence-electron chi connectivity index (χ2n) is 7.45. The number of amides is 1. The van der Waals surface area contributed by atoms with Gasteiger partial charge in [-0.2, -0.15) is 0 Å². The Bertz CT molecular complexity index is 871. The van der Waals surface area contributed by atoms with Crippen molar-refractivity contribution in [1.29, 1.82) is 0 Å². The Hall–Kier alpha value is -2.40. The molecule has 0 aliphatic carbocycles. The largest absolute Gasteiger partial charge is 0.490 e. The number of ether oxygens (including phenoxy) is 2. The summed E-state index contributed by atoms with van der Waals surface area (Å²) in [5.41, 5.74) is 3.01. The first-order valence-corrected chi connectivity index (χ1v) is 10.2. The first kappa shape index (κ1) is 18.9. The topological polar surface area (TPSA) is 50.8 Å². The van der Waals surface area contributed by atoms with Crippen molar-refractivity contribution in [3.05, 3.63) is 52.5 Å². The van der Waals surface area contributed by atoms with Crippen molar-refractivity contribution in [3.8, 4) is 11.5 Å². The zero-order chi connectivity index (χ0) is 19.5. The Kier molecular flexibility index (Phi) is 5.62. The Morgan fingerprint density at radius 2 is 2.00 bits per heavy atom. The smallest absolute Gasteiger partial charge is 0.251 e. The number of aryl methyl sites for hydroxylation is 1. The standard InChI is InChI=1S/C22H25ClN2O3/c1-15-3-5-18(23)12-19(15)25-8-7-16(14-25)13-24-22(26)17-4-6-20-21(11-17)28-10-2-9-27-20/h3-6,11-12,16H,2,7-10,13-14H2,1H3,(H,24,26). The van der Waals surface area contributed by atoms with Gasteiger partial charge in [-0.3, -0.25) is 4.79 Å². The number of anilines is 1. The van der Waals surface area contributed by atoms with Crippen molar-refractivity contribution in [2.75, 3.05) is 37.7 Å². The number of nitrogens with zero attached hydrogens (tertiary/aromatic N) is 1. The Labute approximate surface area is 170 Å². The maximum Gasteiger partial charge on any atom is 0.251 e. The predicted octanol–water partition coefficient (Wildman–Crippen LogP) is 4.07. The number of halogens is 1. The number of hydrogen-bond donors (Lipinski definition) is 1. The zero-order valence-electron chi connectivity index (χ0n) is 16.0. The van der Waals surface area contributed by atoms with E-state index in [1.807, 2.05) is 18.2 Å². The lowest BCUT2D eigenvalue weighted by Crippen LogP contribution is -2.31. The minimum absolute atomic E-state index is 0.0759. The van der Waals surface area contributed by atoms with Gasteiger partial charge in [0.2, 0.25) is 0 Å². The Morgan fingerprint density at radius 1 is 1.18 bits per heavy atom. The molecule has 0 bridgehead atoms. The first-order chi connectivity index (χ1) is 13.6. The Morgan fingerprint density at radius 3 is 2.86 bits per heavy atom. The third-order valence-corrected chi connectivity index (χ3v) is 5.59. The van der Waals surface area contributed by atoms with E-state index >= 15 is 0 Å². The van der Waals surface area contributed by atoms with E-state index in [1.54, 1.807) is 12.1 Å². The van der Waals surface area contributed by atoms with Crippen LogP contribution in [0.25, 0.3) is 0 Å². The highest BCUT2D eigenvalue weighted by Crippen LogP contribution is 2.31. The number of rotatable bonds is 4. The molecule has 2 aliphatic heterocycles. The van der Waals surface area contributed by atoms with Gasteiger partial charge in [0.1, 0.15) is 0 Å². The van der Waals surface area contributed by atoms with Gasteiger partial charge >= 0.3 is 0 Å². The van der Waals surface area contributed by atoms with Gasteiger partial charge in [0.25, 0.3) is 5.91 Å². The number of benzene rings is 2. The van der Waals surface area contributed by atoms with E-state index < -0.39 is 0 Å². The van der Waals surface area contributed by atoms with Gasteiger partial charge in [0.05, 0.1) is 13.2 Å². The van der Waals surface area contributed by atoms with Crippen molar-refractivity contribution < 1.29 is 14.3 Å².